The molecule has 1 aromatic rings. The maximum Gasteiger partial charge on any atom is 0.167 e. The Morgan fingerprint density at radius 2 is 2.17 bits per heavy atom. The van der Waals surface area contributed by atoms with Gasteiger partial charge in [-0.15, -0.1) is 0 Å². The number of phenolic OH excluding ortho intramolecular Hbond substituents is 1. The zero-order valence-electron chi connectivity index (χ0n) is 6.60. The Bertz CT molecular complexity index is 273. The van der Waals surface area contributed by atoms with Crippen LogP contribution >= 0.6 is 0 Å². The molecule has 3 N–H and O–H groups in total. The lowest BCUT2D eigenvalue weighted by atomic mass is 10.3. The number of hydrogen-bond acceptors (Lipinski definition) is 3. The van der Waals surface area contributed by atoms with Crippen molar-refractivity contribution in [2.45, 2.75) is 6.23 Å². The summed E-state index contributed by atoms with van der Waals surface area (Å²) in [5, 5.41) is 9.24. The van der Waals surface area contributed by atoms with Gasteiger partial charge < -0.3 is 9.84 Å². The highest BCUT2D eigenvalue weighted by Gasteiger charge is 2.02. The van der Waals surface area contributed by atoms with E-state index in [0.29, 0.717) is 5.75 Å². The number of nitrogens with two attached hydrogens (primary N) is 1. The van der Waals surface area contributed by atoms with Gasteiger partial charge in [-0.25, -0.2) is 0 Å². The van der Waals surface area contributed by atoms with Crippen LogP contribution < -0.4 is 10.5 Å². The van der Waals surface area contributed by atoms with Crippen molar-refractivity contribution < 1.29 is 9.84 Å². The van der Waals surface area contributed by atoms with Gasteiger partial charge in [-0.3, -0.25) is 5.73 Å². The van der Waals surface area contributed by atoms with Gasteiger partial charge in [0.05, 0.1) is 0 Å². The number of aromatic hydroxyl groups is 1. The monoisotopic (exact) mass is 165 g/mol. The van der Waals surface area contributed by atoms with Crippen LogP contribution in [0.25, 0.3) is 0 Å². The lowest BCUT2D eigenvalue weighted by Crippen LogP contribution is -2.23. The van der Waals surface area contributed by atoms with E-state index in [1.165, 1.54) is 12.1 Å². The quantitative estimate of drug-likeness (QED) is 0.523. The standard InChI is InChI=1S/C9H11NO2/c1-2-9(10)12-8-6-4-3-5-7(8)11/h2-6,9,11H,1,10H2. The average molecular weight is 165 g/mol. The first-order valence-corrected chi connectivity index (χ1v) is 3.57. The highest BCUT2D eigenvalue weighted by Crippen LogP contribution is 2.24. The molecule has 0 aliphatic carbocycles. The fourth-order valence-electron chi connectivity index (χ4n) is 0.752. The van der Waals surface area contributed by atoms with Crippen LogP contribution in [-0.4, -0.2) is 11.3 Å². The summed E-state index contributed by atoms with van der Waals surface area (Å²) in [6, 6.07) is 6.64. The molecular weight excluding hydrogens is 154 g/mol. The van der Waals surface area contributed by atoms with Gasteiger partial charge in [0.15, 0.2) is 17.7 Å². The van der Waals surface area contributed by atoms with Crippen molar-refractivity contribution in [2.75, 3.05) is 0 Å². The molecule has 1 atom stereocenters. The second-order valence-electron chi connectivity index (χ2n) is 2.29. The molecule has 1 rings (SSSR count). The van der Waals surface area contributed by atoms with Crippen LogP contribution in [0.3, 0.4) is 0 Å². The normalized spacial score (nSPS) is 12.1. The maximum absolute atomic E-state index is 9.24. The fourth-order valence-corrected chi connectivity index (χ4v) is 0.752. The summed E-state index contributed by atoms with van der Waals surface area (Å²) in [4.78, 5) is 0. The molecule has 0 saturated heterocycles. The molecule has 0 spiro atoms. The van der Waals surface area contributed by atoms with Crippen molar-refractivity contribution >= 4 is 0 Å². The smallest absolute Gasteiger partial charge is 0.167 e. The van der Waals surface area contributed by atoms with Gasteiger partial charge in [-0.05, 0) is 18.2 Å². The number of benzene rings is 1. The zero-order valence-corrected chi connectivity index (χ0v) is 6.60. The van der Waals surface area contributed by atoms with Gasteiger partial charge in [0, 0.05) is 0 Å². The first kappa shape index (κ1) is 8.62. The van der Waals surface area contributed by atoms with E-state index in [0.717, 1.165) is 0 Å². The molecule has 1 aromatic carbocycles. The largest absolute Gasteiger partial charge is 0.504 e. The third-order valence-corrected chi connectivity index (χ3v) is 1.36. The number of phenols is 1. The van der Waals surface area contributed by atoms with Crippen LogP contribution in [0, 0.1) is 0 Å². The minimum Gasteiger partial charge on any atom is -0.504 e. The van der Waals surface area contributed by atoms with Crippen molar-refractivity contribution in [3.63, 3.8) is 0 Å². The molecular formula is C9H11NO2. The summed E-state index contributed by atoms with van der Waals surface area (Å²) in [5.41, 5.74) is 5.42. The minimum atomic E-state index is -0.585. The minimum absolute atomic E-state index is 0.0785. The second-order valence-corrected chi connectivity index (χ2v) is 2.29. The first-order chi connectivity index (χ1) is 5.74. The van der Waals surface area contributed by atoms with Crippen LogP contribution in [0.2, 0.25) is 0 Å². The Morgan fingerprint density at radius 3 is 2.75 bits per heavy atom. The Hall–Kier alpha value is -1.48. The zero-order chi connectivity index (χ0) is 8.97. The van der Waals surface area contributed by atoms with E-state index < -0.39 is 6.23 Å². The van der Waals surface area contributed by atoms with Crippen LogP contribution in [0.1, 0.15) is 0 Å². The molecule has 0 fully saturated rings. The highest BCUT2D eigenvalue weighted by molar-refractivity contribution is 5.38. The van der Waals surface area contributed by atoms with Crippen molar-refractivity contribution in [1.82, 2.24) is 0 Å². The van der Waals surface area contributed by atoms with Crippen LogP contribution in [0.15, 0.2) is 36.9 Å². The third-order valence-electron chi connectivity index (χ3n) is 1.36. The Morgan fingerprint density at radius 1 is 1.50 bits per heavy atom. The SMILES string of the molecule is C=CC(N)Oc1ccccc1O. The fraction of sp³-hybridized carbons (Fsp3) is 0.111. The molecule has 64 valence electrons. The predicted octanol–water partition coefficient (Wildman–Crippen LogP) is 1.24. The molecule has 3 heteroatoms. The molecule has 0 aliphatic heterocycles. The molecule has 0 saturated carbocycles. The van der Waals surface area contributed by atoms with Gasteiger partial charge >= 0.3 is 0 Å². The summed E-state index contributed by atoms with van der Waals surface area (Å²) < 4.78 is 5.10. The Labute approximate surface area is 71.1 Å². The van der Waals surface area contributed by atoms with E-state index in [1.807, 2.05) is 0 Å². The molecule has 12 heavy (non-hydrogen) atoms. The number of ether oxygens (including phenoxy) is 1. The number of para-hydroxylation sites is 2. The van der Waals surface area contributed by atoms with Gasteiger partial charge in [0.1, 0.15) is 0 Å². The summed E-state index contributed by atoms with van der Waals surface area (Å²) in [7, 11) is 0. The maximum atomic E-state index is 9.24. The van der Waals surface area contributed by atoms with Gasteiger partial charge in [0.2, 0.25) is 0 Å². The second kappa shape index (κ2) is 3.78. The summed E-state index contributed by atoms with van der Waals surface area (Å²) in [6.07, 6.45) is 0.866. The summed E-state index contributed by atoms with van der Waals surface area (Å²) in [5.74, 6) is 0.444. The van der Waals surface area contributed by atoms with Crippen molar-refractivity contribution in [3.8, 4) is 11.5 Å². The van der Waals surface area contributed by atoms with Crippen molar-refractivity contribution in [3.05, 3.63) is 36.9 Å². The van der Waals surface area contributed by atoms with Gasteiger partial charge in [-0.1, -0.05) is 18.7 Å². The van der Waals surface area contributed by atoms with Crippen LogP contribution in [0.4, 0.5) is 0 Å². The van der Waals surface area contributed by atoms with Gasteiger partial charge in [0.25, 0.3) is 0 Å². The van der Waals surface area contributed by atoms with E-state index in [1.54, 1.807) is 18.2 Å². The predicted molar refractivity (Wildman–Crippen MR) is 46.9 cm³/mol. The molecule has 0 heterocycles. The molecule has 0 amide bonds. The van der Waals surface area contributed by atoms with Crippen molar-refractivity contribution in [1.29, 1.82) is 0 Å². The lowest BCUT2D eigenvalue weighted by Gasteiger charge is -2.10. The molecule has 0 aromatic heterocycles. The van der Waals surface area contributed by atoms with E-state index >= 15 is 0 Å². The first-order valence-electron chi connectivity index (χ1n) is 3.57. The average Bonchev–Trinajstić information content (AvgIpc) is 2.09. The summed E-state index contributed by atoms with van der Waals surface area (Å²) in [6.45, 7) is 3.45. The molecule has 3 nitrogen and oxygen atoms in total. The lowest BCUT2D eigenvalue weighted by molar-refractivity contribution is 0.246. The number of rotatable bonds is 3. The highest BCUT2D eigenvalue weighted by atomic mass is 16.5. The third kappa shape index (κ3) is 2.00. The van der Waals surface area contributed by atoms with E-state index in [-0.39, 0.29) is 5.75 Å². The van der Waals surface area contributed by atoms with E-state index in [4.69, 9.17) is 10.5 Å². The molecule has 0 radical (unpaired) electrons. The molecule has 1 unspecified atom stereocenters. The Kier molecular flexibility index (Phi) is 2.71. The molecule has 0 aliphatic rings. The van der Waals surface area contributed by atoms with Crippen LogP contribution in [0.5, 0.6) is 11.5 Å². The van der Waals surface area contributed by atoms with E-state index in [9.17, 15) is 5.11 Å². The number of hydrogen-bond donors (Lipinski definition) is 2. The Balaban J connectivity index is 2.75. The van der Waals surface area contributed by atoms with Crippen molar-refractivity contribution in [2.24, 2.45) is 5.73 Å². The van der Waals surface area contributed by atoms with Crippen LogP contribution in [-0.2, 0) is 0 Å². The van der Waals surface area contributed by atoms with Gasteiger partial charge in [-0.2, -0.15) is 0 Å². The topological polar surface area (TPSA) is 55.5 Å². The summed E-state index contributed by atoms with van der Waals surface area (Å²) >= 11 is 0. The molecule has 0 bridgehead atoms. The van der Waals surface area contributed by atoms with E-state index in [2.05, 4.69) is 6.58 Å².